The Kier molecular flexibility index (Phi) is 8.67. The molecule has 1 atom stereocenters. The zero-order valence-corrected chi connectivity index (χ0v) is 20.5. The molecule has 1 fully saturated rings. The van der Waals surface area contributed by atoms with Crippen LogP contribution in [0.4, 0.5) is 0 Å². The lowest BCUT2D eigenvalue weighted by Gasteiger charge is -2.30. The van der Waals surface area contributed by atoms with E-state index in [0.29, 0.717) is 36.4 Å². The first kappa shape index (κ1) is 24.1. The van der Waals surface area contributed by atoms with Gasteiger partial charge in [0.1, 0.15) is 0 Å². The monoisotopic (exact) mass is 504 g/mol. The van der Waals surface area contributed by atoms with Crippen LogP contribution in [-0.2, 0) is 17.1 Å². The average molecular weight is 505 g/mol. The van der Waals surface area contributed by atoms with Gasteiger partial charge in [-0.25, -0.2) is 0 Å². The Bertz CT molecular complexity index is 1060. The van der Waals surface area contributed by atoms with Crippen molar-refractivity contribution in [2.45, 2.75) is 25.1 Å². The first-order valence-corrected chi connectivity index (χ1v) is 12.9. The summed E-state index contributed by atoms with van der Waals surface area (Å²) in [7, 11) is 0. The second-order valence-corrected chi connectivity index (χ2v) is 9.98. The van der Waals surface area contributed by atoms with E-state index in [1.807, 2.05) is 42.5 Å². The summed E-state index contributed by atoms with van der Waals surface area (Å²) < 4.78 is 5.44. The van der Waals surface area contributed by atoms with E-state index in [2.05, 4.69) is 20.4 Å². The van der Waals surface area contributed by atoms with Gasteiger partial charge in [0.2, 0.25) is 17.6 Å². The van der Waals surface area contributed by atoms with E-state index in [9.17, 15) is 4.79 Å². The van der Waals surface area contributed by atoms with E-state index < -0.39 is 0 Å². The summed E-state index contributed by atoms with van der Waals surface area (Å²) in [4.78, 5) is 19.4. The SMILES string of the molecule is O=C(NCCSCc1ccc(Cl)cc1)C1CCCN(Cc2nc(-c3ccccc3Cl)no2)C1. The molecular formula is C24H26Cl2N4O2S. The van der Waals surface area contributed by atoms with E-state index >= 15 is 0 Å². The van der Waals surface area contributed by atoms with Crippen molar-refractivity contribution in [1.29, 1.82) is 0 Å². The fourth-order valence-corrected chi connectivity index (χ4v) is 5.00. The number of carbonyl (C=O) groups excluding carboxylic acids is 1. The molecule has 33 heavy (non-hydrogen) atoms. The van der Waals surface area contributed by atoms with Gasteiger partial charge in [0, 0.05) is 35.2 Å². The lowest BCUT2D eigenvalue weighted by Crippen LogP contribution is -2.43. The van der Waals surface area contributed by atoms with Crippen LogP contribution in [0, 0.1) is 5.92 Å². The number of rotatable bonds is 9. The average Bonchev–Trinajstić information content (AvgIpc) is 3.28. The number of likely N-dealkylation sites (tertiary alicyclic amines) is 1. The lowest BCUT2D eigenvalue weighted by molar-refractivity contribution is -0.126. The Morgan fingerprint density at radius 2 is 2.00 bits per heavy atom. The van der Waals surface area contributed by atoms with Crippen LogP contribution in [-0.4, -0.2) is 46.3 Å². The second kappa shape index (κ2) is 11.9. The molecular weight excluding hydrogens is 479 g/mol. The molecule has 0 spiro atoms. The predicted molar refractivity (Wildman–Crippen MR) is 133 cm³/mol. The third kappa shape index (κ3) is 6.96. The van der Waals surface area contributed by atoms with Crippen LogP contribution in [0.15, 0.2) is 53.1 Å². The molecule has 1 aromatic heterocycles. The maximum absolute atomic E-state index is 12.7. The Morgan fingerprint density at radius 3 is 2.82 bits per heavy atom. The summed E-state index contributed by atoms with van der Waals surface area (Å²) in [6, 6.07) is 15.3. The predicted octanol–water partition coefficient (Wildman–Crippen LogP) is 5.31. The van der Waals surface area contributed by atoms with Crippen LogP contribution in [0.3, 0.4) is 0 Å². The molecule has 4 rings (SSSR count). The molecule has 2 aromatic carbocycles. The highest BCUT2D eigenvalue weighted by molar-refractivity contribution is 7.98. The molecule has 1 saturated heterocycles. The minimum absolute atomic E-state index is 0.0222. The van der Waals surface area contributed by atoms with Crippen molar-refractivity contribution in [1.82, 2.24) is 20.4 Å². The Hall–Kier alpha value is -2.06. The quantitative estimate of drug-likeness (QED) is 0.398. The molecule has 1 N–H and O–H groups in total. The highest BCUT2D eigenvalue weighted by atomic mass is 35.5. The van der Waals surface area contributed by atoms with Crippen LogP contribution < -0.4 is 5.32 Å². The molecule has 0 saturated carbocycles. The summed E-state index contributed by atoms with van der Waals surface area (Å²) in [5.41, 5.74) is 1.98. The number of aromatic nitrogens is 2. The van der Waals surface area contributed by atoms with E-state index in [-0.39, 0.29) is 11.8 Å². The van der Waals surface area contributed by atoms with Gasteiger partial charge in [0.05, 0.1) is 17.5 Å². The van der Waals surface area contributed by atoms with E-state index in [4.69, 9.17) is 27.7 Å². The minimum Gasteiger partial charge on any atom is -0.355 e. The lowest BCUT2D eigenvalue weighted by atomic mass is 9.97. The molecule has 1 aliphatic rings. The highest BCUT2D eigenvalue weighted by Crippen LogP contribution is 2.26. The van der Waals surface area contributed by atoms with E-state index in [0.717, 1.165) is 41.5 Å². The normalized spacial score (nSPS) is 16.6. The number of amides is 1. The fourth-order valence-electron chi connectivity index (χ4n) is 3.84. The summed E-state index contributed by atoms with van der Waals surface area (Å²) in [5, 5.41) is 8.49. The maximum Gasteiger partial charge on any atom is 0.241 e. The second-order valence-electron chi connectivity index (χ2n) is 8.04. The van der Waals surface area contributed by atoms with Gasteiger partial charge in [-0.2, -0.15) is 16.7 Å². The topological polar surface area (TPSA) is 71.3 Å². The highest BCUT2D eigenvalue weighted by Gasteiger charge is 2.26. The van der Waals surface area contributed by atoms with Gasteiger partial charge in [0.25, 0.3) is 0 Å². The molecule has 6 nitrogen and oxygen atoms in total. The molecule has 0 aliphatic carbocycles. The summed E-state index contributed by atoms with van der Waals surface area (Å²) in [5.74, 6) is 2.89. The van der Waals surface area contributed by atoms with E-state index in [1.165, 1.54) is 5.56 Å². The number of thioether (sulfide) groups is 1. The Balaban J connectivity index is 1.20. The molecule has 1 amide bonds. The molecule has 1 unspecified atom stereocenters. The van der Waals surface area contributed by atoms with Crippen molar-refractivity contribution in [2.75, 3.05) is 25.4 Å². The maximum atomic E-state index is 12.7. The van der Waals surface area contributed by atoms with Gasteiger partial charge in [-0.1, -0.05) is 52.6 Å². The molecule has 2 heterocycles. The van der Waals surface area contributed by atoms with Gasteiger partial charge in [-0.3, -0.25) is 9.69 Å². The number of nitrogens with zero attached hydrogens (tertiary/aromatic N) is 3. The number of hydrogen-bond donors (Lipinski definition) is 1. The first-order valence-electron chi connectivity index (χ1n) is 11.0. The van der Waals surface area contributed by atoms with Crippen LogP contribution in [0.25, 0.3) is 11.4 Å². The molecule has 9 heteroatoms. The number of benzene rings is 2. The van der Waals surface area contributed by atoms with Crippen LogP contribution in [0.2, 0.25) is 10.0 Å². The molecule has 0 bridgehead atoms. The van der Waals surface area contributed by atoms with Crippen LogP contribution >= 0.6 is 35.0 Å². The minimum atomic E-state index is -0.0222. The molecule has 3 aromatic rings. The van der Waals surface area contributed by atoms with Crippen LogP contribution in [0.1, 0.15) is 24.3 Å². The zero-order valence-electron chi connectivity index (χ0n) is 18.2. The van der Waals surface area contributed by atoms with Crippen molar-refractivity contribution in [3.05, 3.63) is 70.0 Å². The molecule has 174 valence electrons. The number of halogens is 2. The Morgan fingerprint density at radius 1 is 1.18 bits per heavy atom. The zero-order chi connectivity index (χ0) is 23.0. The van der Waals surface area contributed by atoms with Crippen molar-refractivity contribution in [3.63, 3.8) is 0 Å². The molecule has 1 aliphatic heterocycles. The van der Waals surface area contributed by atoms with Crippen molar-refractivity contribution >= 4 is 40.9 Å². The standard InChI is InChI=1S/C24H26Cl2N4O2S/c25-19-9-7-17(8-10-19)16-33-13-11-27-24(31)18-4-3-12-30(14-18)15-22-28-23(29-32-22)20-5-1-2-6-21(20)26/h1-2,5-10,18H,3-4,11-16H2,(H,27,31). The van der Waals surface area contributed by atoms with Gasteiger partial charge in [-0.05, 0) is 49.2 Å². The smallest absolute Gasteiger partial charge is 0.241 e. The summed E-state index contributed by atoms with van der Waals surface area (Å²) in [6.45, 7) is 2.79. The number of carbonyl (C=O) groups is 1. The van der Waals surface area contributed by atoms with Gasteiger partial charge in [-0.15, -0.1) is 0 Å². The largest absolute Gasteiger partial charge is 0.355 e. The van der Waals surface area contributed by atoms with Gasteiger partial charge < -0.3 is 9.84 Å². The fraction of sp³-hybridized carbons (Fsp3) is 0.375. The third-order valence-corrected chi connectivity index (χ3v) is 7.16. The number of nitrogens with one attached hydrogen (secondary N) is 1. The first-order chi connectivity index (χ1) is 16.1. The van der Waals surface area contributed by atoms with Crippen molar-refractivity contribution < 1.29 is 9.32 Å². The van der Waals surface area contributed by atoms with Gasteiger partial charge >= 0.3 is 0 Å². The number of piperidine rings is 1. The van der Waals surface area contributed by atoms with Crippen molar-refractivity contribution in [2.24, 2.45) is 5.92 Å². The number of hydrogen-bond acceptors (Lipinski definition) is 6. The van der Waals surface area contributed by atoms with Crippen LogP contribution in [0.5, 0.6) is 0 Å². The summed E-state index contributed by atoms with van der Waals surface area (Å²) >= 11 is 13.9. The van der Waals surface area contributed by atoms with Crippen molar-refractivity contribution in [3.8, 4) is 11.4 Å². The third-order valence-electron chi connectivity index (χ3n) is 5.55. The van der Waals surface area contributed by atoms with E-state index in [1.54, 1.807) is 17.8 Å². The van der Waals surface area contributed by atoms with Gasteiger partial charge in [0.15, 0.2) is 0 Å². The Labute approximate surface area is 208 Å². The summed E-state index contributed by atoms with van der Waals surface area (Å²) in [6.07, 6.45) is 1.86. The molecule has 0 radical (unpaired) electrons.